The van der Waals surface area contributed by atoms with E-state index in [1.165, 1.54) is 5.56 Å². The Bertz CT molecular complexity index is 1160. The first-order valence-electron chi connectivity index (χ1n) is 12.1. The number of hydrogen-bond acceptors (Lipinski definition) is 7. The van der Waals surface area contributed by atoms with Crippen LogP contribution in [0.15, 0.2) is 36.5 Å². The quantitative estimate of drug-likeness (QED) is 0.248. The number of methoxy groups -OCH3 is 1. The predicted octanol–water partition coefficient (Wildman–Crippen LogP) is 5.95. The second-order valence-corrected chi connectivity index (χ2v) is 9.50. The maximum atomic E-state index is 11.5. The molecule has 0 aliphatic carbocycles. The van der Waals surface area contributed by atoms with Gasteiger partial charge in [0.25, 0.3) is 0 Å². The summed E-state index contributed by atoms with van der Waals surface area (Å²) < 4.78 is 5.31. The molecule has 0 spiro atoms. The van der Waals surface area contributed by atoms with Crippen LogP contribution in [0.3, 0.4) is 0 Å². The molecule has 2 aromatic carbocycles. The van der Waals surface area contributed by atoms with E-state index in [0.717, 1.165) is 76.0 Å². The highest BCUT2D eigenvalue weighted by atomic mass is 32.1. The molecule has 3 N–H and O–H groups in total. The molecular formula is C30H42N2O4S. The third-order valence-electron chi connectivity index (χ3n) is 5.59. The number of thiol groups is 1. The van der Waals surface area contributed by atoms with Gasteiger partial charge in [0.05, 0.1) is 18.4 Å². The minimum Gasteiger partial charge on any atom is -0.497 e. The average molecular weight is 527 g/mol. The number of hydrogen-bond donors (Lipinski definition) is 4. The Morgan fingerprint density at radius 1 is 1.05 bits per heavy atom. The van der Waals surface area contributed by atoms with Gasteiger partial charge in [0.2, 0.25) is 0 Å². The van der Waals surface area contributed by atoms with Crippen molar-refractivity contribution in [1.82, 2.24) is 4.98 Å². The zero-order chi connectivity index (χ0) is 28.3. The van der Waals surface area contributed by atoms with Crippen LogP contribution in [0.4, 0.5) is 5.69 Å². The largest absolute Gasteiger partial charge is 0.497 e. The standard InChI is InChI=1S/C24H24N2O2.C4H10O.CH4O.CH4S/c1-14-11-18-13-26-23-15(2)20(9-10-27)21(16(3)22(23)24(18)25-12-14)17-5-7-19(28-4)8-6-17;1-4(2,3)5;2*1-2/h5-8,10-12,26H,9,13H2,1-4H3;5H,1-3H3;2*2H,1H3. The fourth-order valence-corrected chi connectivity index (χ4v) is 4.24. The van der Waals surface area contributed by atoms with Gasteiger partial charge in [-0.25, -0.2) is 0 Å². The number of fused-ring (bicyclic) bond motifs is 3. The highest BCUT2D eigenvalue weighted by Gasteiger charge is 2.26. The van der Waals surface area contributed by atoms with E-state index in [-0.39, 0.29) is 0 Å². The van der Waals surface area contributed by atoms with Crippen molar-refractivity contribution in [1.29, 1.82) is 0 Å². The Kier molecular flexibility index (Phi) is 12.8. The van der Waals surface area contributed by atoms with Crippen LogP contribution in [0.25, 0.3) is 22.4 Å². The van der Waals surface area contributed by atoms with Crippen molar-refractivity contribution >= 4 is 24.6 Å². The summed E-state index contributed by atoms with van der Waals surface area (Å²) in [5.74, 6) is 0.817. The molecule has 3 aromatic rings. The molecule has 0 atom stereocenters. The van der Waals surface area contributed by atoms with Crippen LogP contribution in [-0.2, 0) is 17.8 Å². The zero-order valence-corrected chi connectivity index (χ0v) is 24.5. The van der Waals surface area contributed by atoms with Crippen molar-refractivity contribution < 1.29 is 19.7 Å². The number of benzene rings is 2. The van der Waals surface area contributed by atoms with Gasteiger partial charge in [-0.2, -0.15) is 12.6 Å². The number of aromatic nitrogens is 1. The van der Waals surface area contributed by atoms with Crippen LogP contribution < -0.4 is 10.1 Å². The van der Waals surface area contributed by atoms with Gasteiger partial charge in [-0.1, -0.05) is 18.2 Å². The first-order valence-corrected chi connectivity index (χ1v) is 13.0. The van der Waals surface area contributed by atoms with Gasteiger partial charge in [0.15, 0.2) is 0 Å². The molecule has 0 radical (unpaired) electrons. The van der Waals surface area contributed by atoms with Crippen molar-refractivity contribution in [3.8, 4) is 28.1 Å². The molecule has 0 bridgehead atoms. The predicted molar refractivity (Wildman–Crippen MR) is 158 cm³/mol. The van der Waals surface area contributed by atoms with Gasteiger partial charge < -0.3 is 25.1 Å². The SMILES string of the molecule is CC(C)(C)O.CO.COc1ccc(-c2c(C)c3c(c(C)c2CC=O)NCc2cc(C)cnc2-3)cc1.CS. The monoisotopic (exact) mass is 526 g/mol. The maximum Gasteiger partial charge on any atom is 0.124 e. The van der Waals surface area contributed by atoms with Crippen LogP contribution in [0.2, 0.25) is 0 Å². The van der Waals surface area contributed by atoms with Crippen molar-refractivity contribution in [2.24, 2.45) is 0 Å². The molecule has 1 aliphatic rings. The summed E-state index contributed by atoms with van der Waals surface area (Å²) in [4.78, 5) is 16.2. The van der Waals surface area contributed by atoms with Crippen molar-refractivity contribution in [2.75, 3.05) is 25.8 Å². The Hall–Kier alpha value is -2.87. The summed E-state index contributed by atoms with van der Waals surface area (Å²) in [6.07, 6.45) is 4.99. The van der Waals surface area contributed by atoms with Crippen LogP contribution >= 0.6 is 12.6 Å². The molecule has 1 aromatic heterocycles. The topological polar surface area (TPSA) is 91.7 Å². The molecule has 4 rings (SSSR count). The van der Waals surface area contributed by atoms with Gasteiger partial charge in [0, 0.05) is 37.5 Å². The molecule has 0 saturated heterocycles. The molecule has 202 valence electrons. The number of nitrogens with one attached hydrogen (secondary N) is 1. The van der Waals surface area contributed by atoms with Crippen LogP contribution in [-0.4, -0.2) is 47.6 Å². The lowest BCUT2D eigenvalue weighted by Crippen LogP contribution is -2.15. The fourth-order valence-electron chi connectivity index (χ4n) is 4.24. The highest BCUT2D eigenvalue weighted by molar-refractivity contribution is 7.79. The summed E-state index contributed by atoms with van der Waals surface area (Å²) in [6, 6.07) is 10.2. The van der Waals surface area contributed by atoms with E-state index in [0.29, 0.717) is 6.42 Å². The maximum absolute atomic E-state index is 11.5. The Morgan fingerprint density at radius 3 is 2.14 bits per heavy atom. The summed E-state index contributed by atoms with van der Waals surface area (Å²) in [5, 5.41) is 19.1. The van der Waals surface area contributed by atoms with E-state index in [4.69, 9.17) is 19.9 Å². The average Bonchev–Trinajstić information content (AvgIpc) is 2.88. The van der Waals surface area contributed by atoms with Gasteiger partial charge in [-0.3, -0.25) is 4.98 Å². The van der Waals surface area contributed by atoms with Gasteiger partial charge in [-0.05, 0) is 98.9 Å². The number of carbonyl (C=O) groups is 1. The number of aliphatic hydroxyl groups excluding tert-OH is 1. The fraction of sp³-hybridized carbons (Fsp3) is 0.400. The van der Waals surface area contributed by atoms with Gasteiger partial charge in [-0.15, -0.1) is 0 Å². The third kappa shape index (κ3) is 8.32. The number of aryl methyl sites for hydroxylation is 1. The molecule has 7 heteroatoms. The van der Waals surface area contributed by atoms with E-state index in [9.17, 15) is 4.79 Å². The molecule has 0 saturated carbocycles. The molecule has 1 aliphatic heterocycles. The van der Waals surface area contributed by atoms with Crippen molar-refractivity contribution in [3.05, 3.63) is 64.3 Å². The molecule has 6 nitrogen and oxygen atoms in total. The first-order chi connectivity index (χ1) is 17.5. The van der Waals surface area contributed by atoms with Crippen molar-refractivity contribution in [3.63, 3.8) is 0 Å². The minimum atomic E-state index is -0.500. The minimum absolute atomic E-state index is 0.386. The van der Waals surface area contributed by atoms with E-state index >= 15 is 0 Å². The number of aldehydes is 1. The summed E-state index contributed by atoms with van der Waals surface area (Å²) in [6.45, 7) is 12.3. The van der Waals surface area contributed by atoms with Crippen LogP contribution in [0.5, 0.6) is 5.75 Å². The molecule has 0 amide bonds. The van der Waals surface area contributed by atoms with Gasteiger partial charge >= 0.3 is 0 Å². The number of aliphatic hydroxyl groups is 2. The van der Waals surface area contributed by atoms with Crippen LogP contribution in [0, 0.1) is 20.8 Å². The Morgan fingerprint density at radius 2 is 1.62 bits per heavy atom. The number of ether oxygens (including phenoxy) is 1. The van der Waals surface area contributed by atoms with E-state index in [1.54, 1.807) is 34.1 Å². The zero-order valence-electron chi connectivity index (χ0n) is 23.6. The van der Waals surface area contributed by atoms with E-state index in [1.807, 2.05) is 18.3 Å². The Balaban J connectivity index is 0.000000671. The number of rotatable bonds is 4. The molecule has 0 unspecified atom stereocenters. The summed E-state index contributed by atoms with van der Waals surface area (Å²) in [7, 11) is 2.66. The second-order valence-electron chi connectivity index (χ2n) is 9.50. The van der Waals surface area contributed by atoms with Gasteiger partial charge in [0.1, 0.15) is 12.0 Å². The summed E-state index contributed by atoms with van der Waals surface area (Å²) >= 11 is 3.53. The van der Waals surface area contributed by atoms with E-state index in [2.05, 4.69) is 56.9 Å². The highest BCUT2D eigenvalue weighted by Crippen LogP contribution is 2.45. The normalized spacial score (nSPS) is 11.0. The smallest absolute Gasteiger partial charge is 0.124 e. The first kappa shape index (κ1) is 32.2. The number of nitrogens with zero attached hydrogens (tertiary/aromatic N) is 1. The van der Waals surface area contributed by atoms with E-state index < -0.39 is 5.60 Å². The third-order valence-corrected chi connectivity index (χ3v) is 5.59. The number of pyridine rings is 1. The molecular weight excluding hydrogens is 484 g/mol. The lowest BCUT2D eigenvalue weighted by molar-refractivity contribution is -0.107. The Labute approximate surface area is 227 Å². The molecule has 0 fully saturated rings. The summed E-state index contributed by atoms with van der Waals surface area (Å²) in [5.41, 5.74) is 10.7. The lowest BCUT2D eigenvalue weighted by Gasteiger charge is -2.28. The number of carbonyl (C=O) groups excluding carboxylic acids is 1. The number of anilines is 1. The lowest BCUT2D eigenvalue weighted by atomic mass is 9.82. The van der Waals surface area contributed by atoms with Crippen LogP contribution in [0.1, 0.15) is 48.6 Å². The molecule has 2 heterocycles. The second kappa shape index (κ2) is 14.8. The van der Waals surface area contributed by atoms with Crippen molar-refractivity contribution in [2.45, 2.75) is 60.1 Å². The molecule has 37 heavy (non-hydrogen) atoms.